The number of nitrogens with two attached hydrogens (primary N) is 1. The number of nitrogen functional groups attached to an aromatic ring is 1. The highest BCUT2D eigenvalue weighted by Crippen LogP contribution is 2.38. The summed E-state index contributed by atoms with van der Waals surface area (Å²) in [6, 6.07) is 11.7. The zero-order valence-corrected chi connectivity index (χ0v) is 10.8. The molecule has 4 heteroatoms. The van der Waals surface area contributed by atoms with Crippen molar-refractivity contribution in [1.82, 2.24) is 0 Å². The van der Waals surface area contributed by atoms with Gasteiger partial charge in [-0.05, 0) is 18.2 Å². The minimum Gasteiger partial charge on any atom is -0.454 e. The van der Waals surface area contributed by atoms with Crippen molar-refractivity contribution < 1.29 is 9.52 Å². The van der Waals surface area contributed by atoms with Crippen LogP contribution >= 0.6 is 0 Å². The minimum absolute atomic E-state index is 0.0998. The topological polar surface area (TPSA) is 62.6 Å². The maximum atomic E-state index is 9.07. The predicted octanol–water partition coefficient (Wildman–Crippen LogP) is 2.60. The Kier molecular flexibility index (Phi) is 2.80. The number of rotatable bonds is 3. The fourth-order valence-electron chi connectivity index (χ4n) is 2.41. The number of furan rings is 1. The maximum Gasteiger partial charge on any atom is 0.160 e. The lowest BCUT2D eigenvalue weighted by Gasteiger charge is -2.18. The highest BCUT2D eigenvalue weighted by Gasteiger charge is 2.15. The van der Waals surface area contributed by atoms with E-state index in [1.165, 1.54) is 0 Å². The Morgan fingerprint density at radius 1 is 1.21 bits per heavy atom. The number of hydrogen-bond acceptors (Lipinski definition) is 4. The van der Waals surface area contributed by atoms with Crippen molar-refractivity contribution in [3.8, 4) is 0 Å². The van der Waals surface area contributed by atoms with Crippen LogP contribution in [0.1, 0.15) is 0 Å². The standard InChI is InChI=1S/C15H16N2O2/c1-17(8-9-18)12-7-6-11(16)14-10-4-2-3-5-13(10)19-15(12)14/h2-7,18H,8-9,16H2,1H3. The third-order valence-electron chi connectivity index (χ3n) is 3.38. The molecule has 0 aliphatic heterocycles. The second kappa shape index (κ2) is 4.48. The predicted molar refractivity (Wildman–Crippen MR) is 78.5 cm³/mol. The Bertz CT molecular complexity index is 733. The average molecular weight is 256 g/mol. The quantitative estimate of drug-likeness (QED) is 0.707. The van der Waals surface area contributed by atoms with Crippen LogP contribution in [0.5, 0.6) is 0 Å². The number of hydrogen-bond donors (Lipinski definition) is 2. The Labute approximate surface area is 111 Å². The maximum absolute atomic E-state index is 9.07. The highest BCUT2D eigenvalue weighted by molar-refractivity contribution is 6.14. The molecule has 0 aliphatic rings. The largest absolute Gasteiger partial charge is 0.454 e. The van der Waals surface area contributed by atoms with E-state index in [1.54, 1.807) is 0 Å². The summed E-state index contributed by atoms with van der Waals surface area (Å²) in [5.41, 5.74) is 9.33. The molecule has 0 aliphatic carbocycles. The molecular weight excluding hydrogens is 240 g/mol. The normalized spacial score (nSPS) is 11.3. The molecule has 0 saturated heterocycles. The van der Waals surface area contributed by atoms with E-state index in [-0.39, 0.29) is 6.61 Å². The second-order valence-electron chi connectivity index (χ2n) is 4.62. The third-order valence-corrected chi connectivity index (χ3v) is 3.38. The van der Waals surface area contributed by atoms with Gasteiger partial charge in [-0.1, -0.05) is 18.2 Å². The second-order valence-corrected chi connectivity index (χ2v) is 4.62. The van der Waals surface area contributed by atoms with Gasteiger partial charge in [-0.2, -0.15) is 0 Å². The van der Waals surface area contributed by atoms with Crippen LogP contribution in [0.2, 0.25) is 0 Å². The third kappa shape index (κ3) is 1.81. The molecule has 1 heterocycles. The van der Waals surface area contributed by atoms with Gasteiger partial charge in [0.25, 0.3) is 0 Å². The number of nitrogens with zero attached hydrogens (tertiary/aromatic N) is 1. The molecule has 0 spiro atoms. The van der Waals surface area contributed by atoms with Gasteiger partial charge in [0.15, 0.2) is 5.58 Å². The molecule has 0 radical (unpaired) electrons. The van der Waals surface area contributed by atoms with Crippen LogP contribution in [0.4, 0.5) is 11.4 Å². The molecule has 19 heavy (non-hydrogen) atoms. The van der Waals surface area contributed by atoms with Crippen molar-refractivity contribution in [2.45, 2.75) is 0 Å². The van der Waals surface area contributed by atoms with E-state index in [2.05, 4.69) is 0 Å². The molecule has 3 N–H and O–H groups in total. The highest BCUT2D eigenvalue weighted by atomic mass is 16.3. The van der Waals surface area contributed by atoms with Crippen LogP contribution in [-0.2, 0) is 0 Å². The average Bonchev–Trinajstić information content (AvgIpc) is 2.79. The van der Waals surface area contributed by atoms with Gasteiger partial charge in [0.05, 0.1) is 17.7 Å². The number of aliphatic hydroxyl groups excluding tert-OH is 1. The molecule has 3 rings (SSSR count). The Morgan fingerprint density at radius 3 is 2.79 bits per heavy atom. The summed E-state index contributed by atoms with van der Waals surface area (Å²) in [4.78, 5) is 1.96. The van der Waals surface area contributed by atoms with Gasteiger partial charge in [0, 0.05) is 24.7 Å². The van der Waals surface area contributed by atoms with Gasteiger partial charge in [0.2, 0.25) is 0 Å². The molecule has 0 fully saturated rings. The van der Waals surface area contributed by atoms with Crippen molar-refractivity contribution in [3.05, 3.63) is 36.4 Å². The summed E-state index contributed by atoms with van der Waals surface area (Å²) >= 11 is 0. The van der Waals surface area contributed by atoms with Gasteiger partial charge in [-0.25, -0.2) is 0 Å². The summed E-state index contributed by atoms with van der Waals surface area (Å²) in [5.74, 6) is 0. The summed E-state index contributed by atoms with van der Waals surface area (Å²) < 4.78 is 5.93. The van der Waals surface area contributed by atoms with Gasteiger partial charge in [0.1, 0.15) is 5.58 Å². The van der Waals surface area contributed by atoms with Crippen LogP contribution in [0.3, 0.4) is 0 Å². The van der Waals surface area contributed by atoms with Crippen molar-refractivity contribution in [3.63, 3.8) is 0 Å². The van der Waals surface area contributed by atoms with E-state index < -0.39 is 0 Å². The molecule has 3 aromatic rings. The molecule has 0 bridgehead atoms. The van der Waals surface area contributed by atoms with E-state index in [1.807, 2.05) is 48.3 Å². The van der Waals surface area contributed by atoms with Gasteiger partial charge in [-0.15, -0.1) is 0 Å². The monoisotopic (exact) mass is 256 g/mol. The summed E-state index contributed by atoms with van der Waals surface area (Å²) in [6.45, 7) is 0.651. The fraction of sp³-hybridized carbons (Fsp3) is 0.200. The lowest BCUT2D eigenvalue weighted by Crippen LogP contribution is -2.21. The fourth-order valence-corrected chi connectivity index (χ4v) is 2.41. The van der Waals surface area contributed by atoms with Crippen LogP contribution in [0.25, 0.3) is 21.9 Å². The number of likely N-dealkylation sites (N-methyl/N-ethyl adjacent to an activating group) is 1. The van der Waals surface area contributed by atoms with Crippen molar-refractivity contribution in [2.75, 3.05) is 30.8 Å². The van der Waals surface area contributed by atoms with Crippen molar-refractivity contribution in [2.24, 2.45) is 0 Å². The van der Waals surface area contributed by atoms with Crippen LogP contribution in [0.15, 0.2) is 40.8 Å². The SMILES string of the molecule is CN(CCO)c1ccc(N)c2c1oc1ccccc12. The lowest BCUT2D eigenvalue weighted by molar-refractivity contribution is 0.304. The molecule has 98 valence electrons. The molecule has 0 atom stereocenters. The minimum atomic E-state index is 0.0998. The number of benzene rings is 2. The Morgan fingerprint density at radius 2 is 2.00 bits per heavy atom. The lowest BCUT2D eigenvalue weighted by atomic mass is 10.1. The molecule has 1 aromatic heterocycles. The van der Waals surface area contributed by atoms with E-state index in [0.717, 1.165) is 27.6 Å². The Hall–Kier alpha value is -2.20. The zero-order valence-electron chi connectivity index (χ0n) is 10.8. The zero-order chi connectivity index (χ0) is 13.4. The first-order valence-corrected chi connectivity index (χ1v) is 6.24. The first-order valence-electron chi connectivity index (χ1n) is 6.24. The summed E-state index contributed by atoms with van der Waals surface area (Å²) in [6.07, 6.45) is 0. The summed E-state index contributed by atoms with van der Waals surface area (Å²) in [7, 11) is 1.92. The molecule has 2 aromatic carbocycles. The van der Waals surface area contributed by atoms with Crippen molar-refractivity contribution >= 4 is 33.3 Å². The van der Waals surface area contributed by atoms with Gasteiger partial charge in [-0.3, -0.25) is 0 Å². The van der Waals surface area contributed by atoms with Gasteiger partial charge < -0.3 is 20.2 Å². The van der Waals surface area contributed by atoms with Gasteiger partial charge >= 0.3 is 0 Å². The van der Waals surface area contributed by atoms with E-state index in [9.17, 15) is 0 Å². The number of para-hydroxylation sites is 1. The van der Waals surface area contributed by atoms with Crippen LogP contribution < -0.4 is 10.6 Å². The number of aliphatic hydroxyl groups is 1. The molecule has 4 nitrogen and oxygen atoms in total. The number of fused-ring (bicyclic) bond motifs is 3. The molecular formula is C15H16N2O2. The molecule has 0 amide bonds. The molecule has 0 unspecified atom stereocenters. The van der Waals surface area contributed by atoms with Crippen LogP contribution in [-0.4, -0.2) is 25.3 Å². The molecule has 0 saturated carbocycles. The first kappa shape index (κ1) is 11.9. The Balaban J connectivity index is 2.33. The van der Waals surface area contributed by atoms with Crippen molar-refractivity contribution in [1.29, 1.82) is 0 Å². The smallest absolute Gasteiger partial charge is 0.160 e. The summed E-state index contributed by atoms with van der Waals surface area (Å²) in [5, 5.41) is 11.0. The first-order chi connectivity index (χ1) is 9.22. The van der Waals surface area contributed by atoms with E-state index >= 15 is 0 Å². The number of anilines is 2. The van der Waals surface area contributed by atoms with E-state index in [4.69, 9.17) is 15.3 Å². The van der Waals surface area contributed by atoms with Crippen LogP contribution in [0, 0.1) is 0 Å². The van der Waals surface area contributed by atoms with E-state index in [0.29, 0.717) is 12.2 Å².